The molecule has 11 nitrogen and oxygen atoms in total. The molecule has 0 aromatic heterocycles. The summed E-state index contributed by atoms with van der Waals surface area (Å²) in [6.07, 6.45) is 0.263. The topological polar surface area (TPSA) is 198 Å². The van der Waals surface area contributed by atoms with Gasteiger partial charge in [-0.2, -0.15) is 28.6 Å². The van der Waals surface area contributed by atoms with Gasteiger partial charge in [-0.1, -0.05) is 30.3 Å². The summed E-state index contributed by atoms with van der Waals surface area (Å²) in [6, 6.07) is 13.4. The summed E-state index contributed by atoms with van der Waals surface area (Å²) in [7, 11) is -10.3. The Morgan fingerprint density at radius 1 is 0.875 bits per heavy atom. The predicted molar refractivity (Wildman–Crippen MR) is 153 cm³/mol. The summed E-state index contributed by atoms with van der Waals surface area (Å²) in [4.78, 5) is 26.4. The first kappa shape index (κ1) is 29.9. The molecule has 0 saturated heterocycles. The number of hydrogen-bond acceptors (Lipinski definition) is 10. The summed E-state index contributed by atoms with van der Waals surface area (Å²) in [6.45, 7) is 0. The van der Waals surface area contributed by atoms with E-state index in [1.165, 1.54) is 30.0 Å². The molecule has 0 heterocycles. The number of nitrogens with one attached hydrogen (secondary N) is 1. The molecule has 0 amide bonds. The highest BCUT2D eigenvalue weighted by Gasteiger charge is 2.36. The van der Waals surface area contributed by atoms with Gasteiger partial charge in [0.15, 0.2) is 11.6 Å². The van der Waals surface area contributed by atoms with Crippen LogP contribution in [0.2, 0.25) is 0 Å². The highest BCUT2D eigenvalue weighted by atomic mass is 32.2. The normalized spacial score (nSPS) is 13.9. The van der Waals surface area contributed by atoms with E-state index in [1.807, 2.05) is 0 Å². The van der Waals surface area contributed by atoms with Crippen LogP contribution < -0.4 is 11.1 Å². The summed E-state index contributed by atoms with van der Waals surface area (Å²) in [5.74, 6) is -0.382. The lowest BCUT2D eigenvalue weighted by molar-refractivity contribution is 0.0980. The highest BCUT2D eigenvalue weighted by Crippen LogP contribution is 2.40. The third-order valence-electron chi connectivity index (χ3n) is 5.96. The molecule has 40 heavy (non-hydrogen) atoms. The average Bonchev–Trinajstić information content (AvgIpc) is 2.88. The van der Waals surface area contributed by atoms with Crippen molar-refractivity contribution < 1.29 is 39.7 Å². The Bertz CT molecular complexity index is 1750. The van der Waals surface area contributed by atoms with E-state index in [0.717, 1.165) is 6.07 Å². The number of carbonyl (C=O) groups is 2. The van der Waals surface area contributed by atoms with Crippen LogP contribution in [0.4, 0.5) is 17.1 Å². The number of hydrogen-bond donors (Lipinski definition) is 4. The van der Waals surface area contributed by atoms with Crippen LogP contribution in [0.3, 0.4) is 0 Å². The van der Waals surface area contributed by atoms with Crippen LogP contribution in [-0.2, 0) is 31.0 Å². The maximum atomic E-state index is 13.4. The molecule has 4 rings (SSSR count). The molecule has 5 N–H and O–H groups in total. The fraction of sp³-hybridized carbons (Fsp3) is 0.200. The molecular formula is C25H24N2O9S4. The molecule has 0 radical (unpaired) electrons. The van der Waals surface area contributed by atoms with Gasteiger partial charge in [-0.15, -0.1) is 0 Å². The maximum absolute atomic E-state index is 13.4. The quantitative estimate of drug-likeness (QED) is 0.108. The fourth-order valence-electron chi connectivity index (χ4n) is 4.17. The van der Waals surface area contributed by atoms with Crippen LogP contribution in [0.25, 0.3) is 0 Å². The van der Waals surface area contributed by atoms with Gasteiger partial charge in [0.05, 0.1) is 39.1 Å². The molecule has 212 valence electrons. The molecule has 1 aliphatic carbocycles. The smallest absolute Gasteiger partial charge is 0.296 e. The van der Waals surface area contributed by atoms with Crippen LogP contribution in [0.15, 0.2) is 64.4 Å². The average molecular weight is 625 g/mol. The minimum absolute atomic E-state index is 0.0541. The van der Waals surface area contributed by atoms with Crippen molar-refractivity contribution >= 4 is 71.4 Å². The molecule has 0 spiro atoms. The number of thioether (sulfide) groups is 1. The van der Waals surface area contributed by atoms with E-state index >= 15 is 0 Å². The Hall–Kier alpha value is -3.08. The molecule has 0 bridgehead atoms. The van der Waals surface area contributed by atoms with Crippen LogP contribution in [0.1, 0.15) is 38.3 Å². The second kappa shape index (κ2) is 11.8. The van der Waals surface area contributed by atoms with Crippen molar-refractivity contribution in [1.82, 2.24) is 0 Å². The molecule has 0 fully saturated rings. The number of anilines is 3. The summed E-state index contributed by atoms with van der Waals surface area (Å²) in [5.41, 5.74) is 5.39. The van der Waals surface area contributed by atoms with Gasteiger partial charge < -0.3 is 11.1 Å². The van der Waals surface area contributed by atoms with Crippen molar-refractivity contribution in [2.24, 2.45) is 0 Å². The maximum Gasteiger partial charge on any atom is 0.296 e. The Morgan fingerprint density at radius 3 is 2.15 bits per heavy atom. The second-order valence-electron chi connectivity index (χ2n) is 8.72. The first-order valence-electron chi connectivity index (χ1n) is 11.7. The lowest BCUT2D eigenvalue weighted by Gasteiger charge is -2.23. The number of ketones is 2. The monoisotopic (exact) mass is 624 g/mol. The molecule has 3 aromatic carbocycles. The van der Waals surface area contributed by atoms with Gasteiger partial charge in [0.1, 0.15) is 4.90 Å². The molecule has 15 heteroatoms. The zero-order valence-corrected chi connectivity index (χ0v) is 24.0. The predicted octanol–water partition coefficient (Wildman–Crippen LogP) is 3.15. The van der Waals surface area contributed by atoms with Gasteiger partial charge in [0, 0.05) is 33.2 Å². The van der Waals surface area contributed by atoms with Crippen LogP contribution in [0.5, 0.6) is 0 Å². The van der Waals surface area contributed by atoms with Gasteiger partial charge in [-0.05, 0) is 36.4 Å². The Kier molecular flexibility index (Phi) is 8.82. The SMILES string of the molecule is Nc1c(S(=O)(=O)O)cc(Nc2cccc(S(=O)CCSCCCS(=O)(=O)O)c2)c2c1C(=O)c1ccccc1C2=O. The number of rotatable bonds is 11. The molecular weight excluding hydrogens is 601 g/mol. The second-order valence-corrected chi connectivity index (χ2v) is 14.5. The van der Waals surface area contributed by atoms with E-state index in [1.54, 1.807) is 30.3 Å². The van der Waals surface area contributed by atoms with Crippen molar-refractivity contribution in [3.05, 3.63) is 76.9 Å². The standard InChI is InChI=1S/C25H24N2O9S4/c26-23-20(40(34,35)36)14-19(21-22(23)25(29)18-8-2-1-7-17(18)24(21)28)27-15-5-3-6-16(13-15)38(30)11-10-37-9-4-12-39(31,32)33/h1-3,5-8,13-14,27H,4,9-12,26H2,(H,31,32,33)(H,34,35,36). The Labute approximate surface area is 237 Å². The molecule has 1 aliphatic rings. The number of fused-ring (bicyclic) bond motifs is 2. The van der Waals surface area contributed by atoms with Gasteiger partial charge in [0.25, 0.3) is 20.2 Å². The van der Waals surface area contributed by atoms with Gasteiger partial charge in [0.2, 0.25) is 0 Å². The minimum Gasteiger partial charge on any atom is -0.397 e. The number of nitrogen functional groups attached to an aromatic ring is 1. The molecule has 0 aliphatic heterocycles. The molecule has 0 saturated carbocycles. The zero-order chi connectivity index (χ0) is 29.2. The number of benzene rings is 3. The van der Waals surface area contributed by atoms with E-state index in [9.17, 15) is 35.2 Å². The van der Waals surface area contributed by atoms with E-state index in [0.29, 0.717) is 22.1 Å². The third-order valence-corrected chi connectivity index (χ3v) is 10.3. The van der Waals surface area contributed by atoms with E-state index < -0.39 is 53.2 Å². The minimum atomic E-state index is -4.87. The van der Waals surface area contributed by atoms with Crippen molar-refractivity contribution in [2.45, 2.75) is 16.2 Å². The van der Waals surface area contributed by atoms with E-state index in [-0.39, 0.29) is 45.9 Å². The number of carbonyl (C=O) groups excluding carboxylic acids is 2. The van der Waals surface area contributed by atoms with Gasteiger partial charge >= 0.3 is 0 Å². The van der Waals surface area contributed by atoms with Crippen molar-refractivity contribution in [2.75, 3.05) is 34.1 Å². The summed E-state index contributed by atoms with van der Waals surface area (Å²) < 4.78 is 77.2. The van der Waals surface area contributed by atoms with Crippen molar-refractivity contribution in [1.29, 1.82) is 0 Å². The van der Waals surface area contributed by atoms with Crippen molar-refractivity contribution in [3.63, 3.8) is 0 Å². The Morgan fingerprint density at radius 2 is 1.52 bits per heavy atom. The molecule has 3 aromatic rings. The summed E-state index contributed by atoms with van der Waals surface area (Å²) in [5, 5.41) is 2.92. The summed E-state index contributed by atoms with van der Waals surface area (Å²) >= 11 is 1.39. The molecule has 1 atom stereocenters. The lowest BCUT2D eigenvalue weighted by Crippen LogP contribution is -2.25. The molecule has 1 unspecified atom stereocenters. The largest absolute Gasteiger partial charge is 0.397 e. The third kappa shape index (κ3) is 6.62. The first-order valence-corrected chi connectivity index (χ1v) is 17.2. The lowest BCUT2D eigenvalue weighted by atomic mass is 9.82. The van der Waals surface area contributed by atoms with Crippen LogP contribution >= 0.6 is 11.8 Å². The highest BCUT2D eigenvalue weighted by molar-refractivity contribution is 8.00. The van der Waals surface area contributed by atoms with E-state index in [2.05, 4.69) is 5.32 Å². The van der Waals surface area contributed by atoms with Crippen LogP contribution in [0, 0.1) is 0 Å². The Balaban J connectivity index is 1.62. The van der Waals surface area contributed by atoms with Gasteiger partial charge in [-0.3, -0.25) is 22.9 Å². The van der Waals surface area contributed by atoms with Gasteiger partial charge in [-0.25, -0.2) is 0 Å². The van der Waals surface area contributed by atoms with Crippen molar-refractivity contribution in [3.8, 4) is 0 Å². The zero-order valence-electron chi connectivity index (χ0n) is 20.7. The number of nitrogens with two attached hydrogens (primary N) is 1. The van der Waals surface area contributed by atoms with E-state index in [4.69, 9.17) is 10.3 Å². The fourth-order valence-corrected chi connectivity index (χ4v) is 7.87. The van der Waals surface area contributed by atoms with Crippen LogP contribution in [-0.4, -0.2) is 64.7 Å². The first-order chi connectivity index (χ1) is 18.8.